The zero-order chi connectivity index (χ0) is 8.15. The van der Waals surface area contributed by atoms with Crippen molar-refractivity contribution < 1.29 is 0 Å². The van der Waals surface area contributed by atoms with E-state index >= 15 is 0 Å². The van der Waals surface area contributed by atoms with E-state index in [1.807, 2.05) is 50.1 Å². The van der Waals surface area contributed by atoms with Crippen LogP contribution in [0.25, 0.3) is 0 Å². The molecule has 2 heteroatoms. The van der Waals surface area contributed by atoms with Gasteiger partial charge in [0.15, 0.2) is 0 Å². The molecule has 0 unspecified atom stereocenters. The molecule has 10 heavy (non-hydrogen) atoms. The lowest BCUT2D eigenvalue weighted by molar-refractivity contribution is 0.451. The average molecular weight is 140 g/mol. The molecule has 0 saturated carbocycles. The van der Waals surface area contributed by atoms with E-state index in [4.69, 9.17) is 0 Å². The largest absolute Gasteiger partial charge is 0.337 e. The molecule has 0 aromatic heterocycles. The second-order valence-corrected chi connectivity index (χ2v) is 1.94. The first kappa shape index (κ1) is 9.08. The van der Waals surface area contributed by atoms with Gasteiger partial charge in [-0.3, -0.25) is 0 Å². The van der Waals surface area contributed by atoms with Gasteiger partial charge in [-0.25, -0.2) is 0 Å². The van der Waals surface area contributed by atoms with Crippen molar-refractivity contribution in [1.82, 2.24) is 9.80 Å². The van der Waals surface area contributed by atoms with Gasteiger partial charge in [-0.1, -0.05) is 20.4 Å². The molecule has 0 fully saturated rings. The Balaban J connectivity index is 0.000000371. The Morgan fingerprint density at radius 2 is 1.40 bits per heavy atom. The Morgan fingerprint density at radius 1 is 1.10 bits per heavy atom. The zero-order valence-corrected chi connectivity index (χ0v) is 7.26. The first-order chi connectivity index (χ1) is 4.72. The van der Waals surface area contributed by atoms with Crippen molar-refractivity contribution >= 4 is 0 Å². The van der Waals surface area contributed by atoms with Crippen LogP contribution in [-0.2, 0) is 0 Å². The smallest absolute Gasteiger partial charge is 0.104 e. The number of rotatable bonds is 0. The molecule has 1 aliphatic heterocycles. The maximum absolute atomic E-state index is 3.81. The van der Waals surface area contributed by atoms with Gasteiger partial charge in [-0.15, -0.1) is 0 Å². The molecule has 0 bridgehead atoms. The van der Waals surface area contributed by atoms with Crippen LogP contribution < -0.4 is 0 Å². The maximum Gasteiger partial charge on any atom is 0.104 e. The summed E-state index contributed by atoms with van der Waals surface area (Å²) in [5, 5.41) is 0. The van der Waals surface area contributed by atoms with Gasteiger partial charge < -0.3 is 9.80 Å². The molecule has 0 spiro atoms. The summed E-state index contributed by atoms with van der Waals surface area (Å²) in [6, 6.07) is 0. The third kappa shape index (κ3) is 1.79. The van der Waals surface area contributed by atoms with Gasteiger partial charge in [0.1, 0.15) is 5.82 Å². The molecule has 0 atom stereocenters. The van der Waals surface area contributed by atoms with E-state index in [-0.39, 0.29) is 0 Å². The maximum atomic E-state index is 3.81. The van der Waals surface area contributed by atoms with Crippen LogP contribution in [0.1, 0.15) is 13.8 Å². The first-order valence-corrected chi connectivity index (χ1v) is 3.54. The highest BCUT2D eigenvalue weighted by molar-refractivity contribution is 5.07. The summed E-state index contributed by atoms with van der Waals surface area (Å²) in [6.07, 6.45) is 3.95. The van der Waals surface area contributed by atoms with Crippen LogP contribution in [0.5, 0.6) is 0 Å². The molecule has 0 radical (unpaired) electrons. The lowest BCUT2D eigenvalue weighted by Crippen LogP contribution is -2.13. The fourth-order valence-corrected chi connectivity index (χ4v) is 0.621. The third-order valence-electron chi connectivity index (χ3n) is 1.33. The van der Waals surface area contributed by atoms with Gasteiger partial charge in [0.2, 0.25) is 0 Å². The second-order valence-electron chi connectivity index (χ2n) is 1.94. The van der Waals surface area contributed by atoms with E-state index in [1.165, 1.54) is 0 Å². The van der Waals surface area contributed by atoms with Crippen LogP contribution >= 0.6 is 0 Å². The Kier molecular flexibility index (Phi) is 3.62. The van der Waals surface area contributed by atoms with Crippen LogP contribution in [0.15, 0.2) is 24.8 Å². The Morgan fingerprint density at radius 3 is 1.50 bits per heavy atom. The predicted octanol–water partition coefficient (Wildman–Crippen LogP) is 1.83. The highest BCUT2D eigenvalue weighted by Crippen LogP contribution is 2.11. The van der Waals surface area contributed by atoms with Crippen LogP contribution in [0.2, 0.25) is 0 Å². The quantitative estimate of drug-likeness (QED) is 0.506. The summed E-state index contributed by atoms with van der Waals surface area (Å²) in [6.45, 7) is 7.81. The molecular weight excluding hydrogens is 124 g/mol. The summed E-state index contributed by atoms with van der Waals surface area (Å²) in [5.74, 6) is 1.02. The minimum absolute atomic E-state index is 1.02. The van der Waals surface area contributed by atoms with Crippen LogP contribution in [0, 0.1) is 0 Å². The van der Waals surface area contributed by atoms with Crippen molar-refractivity contribution in [3.05, 3.63) is 24.8 Å². The average Bonchev–Trinajstić information content (AvgIpc) is 2.25. The number of hydrogen-bond donors (Lipinski definition) is 0. The fraction of sp³-hybridized carbons (Fsp3) is 0.500. The number of nitrogens with zero attached hydrogens (tertiary/aromatic N) is 2. The van der Waals surface area contributed by atoms with Gasteiger partial charge >= 0.3 is 0 Å². The summed E-state index contributed by atoms with van der Waals surface area (Å²) in [5.41, 5.74) is 0. The van der Waals surface area contributed by atoms with Crippen molar-refractivity contribution in [3.63, 3.8) is 0 Å². The summed E-state index contributed by atoms with van der Waals surface area (Å²) in [7, 11) is 3.95. The van der Waals surface area contributed by atoms with Crippen LogP contribution in [0.3, 0.4) is 0 Å². The highest BCUT2D eigenvalue weighted by Gasteiger charge is 2.07. The van der Waals surface area contributed by atoms with Gasteiger partial charge in [0, 0.05) is 26.5 Å². The molecule has 0 saturated heterocycles. The summed E-state index contributed by atoms with van der Waals surface area (Å²) >= 11 is 0. The van der Waals surface area contributed by atoms with E-state index in [9.17, 15) is 0 Å². The van der Waals surface area contributed by atoms with Gasteiger partial charge in [-0.05, 0) is 0 Å². The van der Waals surface area contributed by atoms with Gasteiger partial charge in [-0.2, -0.15) is 0 Å². The molecule has 0 N–H and O–H groups in total. The molecular formula is C8H16N2. The lowest BCUT2D eigenvalue weighted by atomic mass is 10.7. The molecule has 1 heterocycles. The van der Waals surface area contributed by atoms with Crippen molar-refractivity contribution in [2.24, 2.45) is 0 Å². The summed E-state index contributed by atoms with van der Waals surface area (Å²) < 4.78 is 0. The standard InChI is InChI=1S/C6H10N2.C2H6/c1-6-7(2)4-5-8(6)3;1-2/h4-5H,1H2,2-3H3;1-2H3. The highest BCUT2D eigenvalue weighted by atomic mass is 15.3. The van der Waals surface area contributed by atoms with Crippen molar-refractivity contribution in [2.45, 2.75) is 13.8 Å². The Bertz CT molecular complexity index is 124. The minimum atomic E-state index is 1.02. The van der Waals surface area contributed by atoms with Gasteiger partial charge in [0.05, 0.1) is 0 Å². The SMILES string of the molecule is C=C1N(C)C=CN1C.CC. The van der Waals surface area contributed by atoms with E-state index in [2.05, 4.69) is 6.58 Å². The van der Waals surface area contributed by atoms with Crippen LogP contribution in [-0.4, -0.2) is 23.9 Å². The molecule has 0 aliphatic carbocycles. The third-order valence-corrected chi connectivity index (χ3v) is 1.33. The molecule has 2 nitrogen and oxygen atoms in total. The molecule has 58 valence electrons. The van der Waals surface area contributed by atoms with Crippen molar-refractivity contribution in [2.75, 3.05) is 14.1 Å². The summed E-state index contributed by atoms with van der Waals surface area (Å²) in [4.78, 5) is 3.94. The fourth-order valence-electron chi connectivity index (χ4n) is 0.621. The molecule has 1 aliphatic rings. The van der Waals surface area contributed by atoms with Crippen molar-refractivity contribution in [3.8, 4) is 0 Å². The van der Waals surface area contributed by atoms with Gasteiger partial charge in [0.25, 0.3) is 0 Å². The van der Waals surface area contributed by atoms with E-state index in [0.717, 1.165) is 5.82 Å². The lowest BCUT2D eigenvalue weighted by Gasteiger charge is -2.14. The normalized spacial score (nSPS) is 15.4. The Hall–Kier alpha value is -0.920. The van der Waals surface area contributed by atoms with E-state index < -0.39 is 0 Å². The monoisotopic (exact) mass is 140 g/mol. The topological polar surface area (TPSA) is 6.48 Å². The predicted molar refractivity (Wildman–Crippen MR) is 45.2 cm³/mol. The molecule has 0 aromatic carbocycles. The van der Waals surface area contributed by atoms with E-state index in [1.54, 1.807) is 0 Å². The first-order valence-electron chi connectivity index (χ1n) is 3.54. The Labute approximate surface area is 63.4 Å². The van der Waals surface area contributed by atoms with Crippen molar-refractivity contribution in [1.29, 1.82) is 0 Å². The molecule has 0 amide bonds. The molecule has 1 rings (SSSR count). The zero-order valence-electron chi connectivity index (χ0n) is 7.26. The number of hydrogen-bond acceptors (Lipinski definition) is 2. The molecule has 0 aromatic rings. The second kappa shape index (κ2) is 3.99. The van der Waals surface area contributed by atoms with E-state index in [0.29, 0.717) is 0 Å². The minimum Gasteiger partial charge on any atom is -0.337 e. The van der Waals surface area contributed by atoms with Crippen LogP contribution in [0.4, 0.5) is 0 Å².